The number of carbonyl (C=O) groups excluding carboxylic acids is 1. The number of benzene rings is 3. The highest BCUT2D eigenvalue weighted by Crippen LogP contribution is 2.25. The first-order valence-electron chi connectivity index (χ1n) is 7.64. The molecule has 0 fully saturated rings. The van der Waals surface area contributed by atoms with Crippen molar-refractivity contribution in [3.63, 3.8) is 0 Å². The van der Waals surface area contributed by atoms with Crippen molar-refractivity contribution in [1.82, 2.24) is 5.32 Å². The Balaban J connectivity index is 2.06. The molecule has 2 heteroatoms. The Hall–Kier alpha value is -2.35. The summed E-state index contributed by atoms with van der Waals surface area (Å²) in [5, 5.41) is 7.50. The van der Waals surface area contributed by atoms with Crippen LogP contribution in [0.4, 0.5) is 0 Å². The first kappa shape index (κ1) is 14.6. The number of carbonyl (C=O) groups is 1. The van der Waals surface area contributed by atoms with Gasteiger partial charge in [-0.05, 0) is 45.2 Å². The van der Waals surface area contributed by atoms with Gasteiger partial charge in [0.2, 0.25) is 0 Å². The van der Waals surface area contributed by atoms with Crippen LogP contribution in [-0.4, -0.2) is 12.5 Å². The van der Waals surface area contributed by atoms with Crippen LogP contribution in [0.1, 0.15) is 31.1 Å². The summed E-state index contributed by atoms with van der Waals surface area (Å²) < 4.78 is 0. The largest absolute Gasteiger partial charge is 0.351 e. The average Bonchev–Trinajstić information content (AvgIpc) is 2.49. The lowest BCUT2D eigenvalue weighted by Gasteiger charge is -2.19. The van der Waals surface area contributed by atoms with Crippen LogP contribution in [-0.2, 0) is 0 Å². The van der Waals surface area contributed by atoms with Crippen molar-refractivity contribution < 1.29 is 4.79 Å². The lowest BCUT2D eigenvalue weighted by molar-refractivity contribution is 0.0941. The summed E-state index contributed by atoms with van der Waals surface area (Å²) in [6.45, 7) is 7.01. The second-order valence-corrected chi connectivity index (χ2v) is 6.97. The summed E-state index contributed by atoms with van der Waals surface area (Å²) >= 11 is 0. The van der Waals surface area contributed by atoms with Crippen LogP contribution in [0.3, 0.4) is 0 Å². The molecular formula is C20H21NO. The van der Waals surface area contributed by atoms with Crippen LogP contribution >= 0.6 is 0 Å². The average molecular weight is 291 g/mol. The molecule has 1 N–H and O–H groups in total. The molecule has 0 unspecified atom stereocenters. The molecule has 0 aliphatic carbocycles. The predicted molar refractivity (Wildman–Crippen MR) is 93.2 cm³/mol. The SMILES string of the molecule is CC(C)(C)CNC(=O)c1cccc2cc3ccccc3cc12. The minimum atomic E-state index is -0.00388. The van der Waals surface area contributed by atoms with Gasteiger partial charge in [0.1, 0.15) is 0 Å². The van der Waals surface area contributed by atoms with Crippen molar-refractivity contribution in [3.8, 4) is 0 Å². The fraction of sp³-hybridized carbons (Fsp3) is 0.250. The first-order chi connectivity index (χ1) is 10.4. The Morgan fingerprint density at radius 3 is 2.23 bits per heavy atom. The standard InChI is InChI=1S/C20H21NO/c1-20(2,3)13-21-19(22)17-10-6-9-16-11-14-7-4-5-8-15(14)12-18(16)17/h4-12H,13H2,1-3H3,(H,21,22). The Morgan fingerprint density at radius 2 is 1.55 bits per heavy atom. The lowest BCUT2D eigenvalue weighted by Crippen LogP contribution is -2.32. The number of nitrogens with one attached hydrogen (secondary N) is 1. The Morgan fingerprint density at radius 1 is 0.909 bits per heavy atom. The summed E-state index contributed by atoms with van der Waals surface area (Å²) in [4.78, 5) is 12.5. The van der Waals surface area contributed by atoms with Crippen LogP contribution in [0.5, 0.6) is 0 Å². The molecule has 0 saturated carbocycles. The molecule has 0 bridgehead atoms. The van der Waals surface area contributed by atoms with Gasteiger partial charge in [-0.1, -0.05) is 57.2 Å². The third-order valence-corrected chi connectivity index (χ3v) is 3.77. The van der Waals surface area contributed by atoms with E-state index in [1.807, 2.05) is 24.3 Å². The van der Waals surface area contributed by atoms with E-state index in [-0.39, 0.29) is 11.3 Å². The third-order valence-electron chi connectivity index (χ3n) is 3.77. The van der Waals surface area contributed by atoms with Gasteiger partial charge in [-0.3, -0.25) is 4.79 Å². The van der Waals surface area contributed by atoms with Gasteiger partial charge in [-0.15, -0.1) is 0 Å². The molecule has 0 radical (unpaired) electrons. The first-order valence-corrected chi connectivity index (χ1v) is 7.64. The Labute approximate surface area is 131 Å². The highest BCUT2D eigenvalue weighted by atomic mass is 16.1. The second-order valence-electron chi connectivity index (χ2n) is 6.97. The summed E-state index contributed by atoms with van der Waals surface area (Å²) in [5.74, 6) is -0.00388. The fourth-order valence-corrected chi connectivity index (χ4v) is 2.61. The molecule has 0 aliphatic heterocycles. The van der Waals surface area contributed by atoms with Crippen LogP contribution in [0.2, 0.25) is 0 Å². The van der Waals surface area contributed by atoms with E-state index in [1.165, 1.54) is 5.39 Å². The molecule has 3 aromatic rings. The van der Waals surface area contributed by atoms with Crippen LogP contribution < -0.4 is 5.32 Å². The number of hydrogen-bond acceptors (Lipinski definition) is 1. The Kier molecular flexibility index (Phi) is 3.61. The van der Waals surface area contributed by atoms with E-state index in [2.05, 4.69) is 56.4 Å². The molecular weight excluding hydrogens is 270 g/mol. The second kappa shape index (κ2) is 5.45. The molecule has 0 aromatic heterocycles. The highest BCUT2D eigenvalue weighted by molar-refractivity contribution is 6.10. The minimum Gasteiger partial charge on any atom is -0.351 e. The van der Waals surface area contributed by atoms with Crippen molar-refractivity contribution in [2.75, 3.05) is 6.54 Å². The van der Waals surface area contributed by atoms with E-state index in [0.29, 0.717) is 6.54 Å². The molecule has 2 nitrogen and oxygen atoms in total. The van der Waals surface area contributed by atoms with Crippen LogP contribution in [0.25, 0.3) is 21.5 Å². The monoisotopic (exact) mass is 291 g/mol. The zero-order chi connectivity index (χ0) is 15.7. The number of fused-ring (bicyclic) bond motifs is 2. The molecule has 22 heavy (non-hydrogen) atoms. The normalized spacial score (nSPS) is 11.8. The Bertz CT molecular complexity index is 843. The van der Waals surface area contributed by atoms with E-state index in [1.54, 1.807) is 0 Å². The minimum absolute atomic E-state index is 0.00388. The van der Waals surface area contributed by atoms with Crippen LogP contribution in [0.15, 0.2) is 54.6 Å². The van der Waals surface area contributed by atoms with Gasteiger partial charge < -0.3 is 5.32 Å². The quantitative estimate of drug-likeness (QED) is 0.677. The number of rotatable bonds is 2. The highest BCUT2D eigenvalue weighted by Gasteiger charge is 2.15. The van der Waals surface area contributed by atoms with Gasteiger partial charge in [0, 0.05) is 12.1 Å². The van der Waals surface area contributed by atoms with Gasteiger partial charge in [-0.25, -0.2) is 0 Å². The van der Waals surface area contributed by atoms with Crippen LogP contribution in [0, 0.1) is 5.41 Å². The van der Waals surface area contributed by atoms with Crippen molar-refractivity contribution >= 4 is 27.5 Å². The van der Waals surface area contributed by atoms with E-state index in [4.69, 9.17) is 0 Å². The maximum atomic E-state index is 12.5. The number of amides is 1. The third kappa shape index (κ3) is 2.96. The molecule has 0 saturated heterocycles. The molecule has 112 valence electrons. The molecule has 3 aromatic carbocycles. The van der Waals surface area contributed by atoms with Gasteiger partial charge in [0.25, 0.3) is 5.91 Å². The summed E-state index contributed by atoms with van der Waals surface area (Å²) in [6, 6.07) is 18.4. The van der Waals surface area contributed by atoms with E-state index < -0.39 is 0 Å². The number of hydrogen-bond donors (Lipinski definition) is 1. The lowest BCUT2D eigenvalue weighted by atomic mass is 9.96. The maximum Gasteiger partial charge on any atom is 0.251 e. The van der Waals surface area contributed by atoms with E-state index in [0.717, 1.165) is 21.7 Å². The molecule has 3 rings (SSSR count). The molecule has 0 atom stereocenters. The van der Waals surface area contributed by atoms with E-state index >= 15 is 0 Å². The molecule has 0 heterocycles. The zero-order valence-corrected chi connectivity index (χ0v) is 13.3. The molecule has 0 spiro atoms. The van der Waals surface area contributed by atoms with Crippen molar-refractivity contribution in [2.24, 2.45) is 5.41 Å². The predicted octanol–water partition coefficient (Wildman–Crippen LogP) is 4.77. The molecule has 1 amide bonds. The van der Waals surface area contributed by atoms with Gasteiger partial charge in [-0.2, -0.15) is 0 Å². The fourth-order valence-electron chi connectivity index (χ4n) is 2.61. The summed E-state index contributed by atoms with van der Waals surface area (Å²) in [6.07, 6.45) is 0. The molecule has 0 aliphatic rings. The van der Waals surface area contributed by atoms with Gasteiger partial charge in [0.05, 0.1) is 0 Å². The smallest absolute Gasteiger partial charge is 0.251 e. The van der Waals surface area contributed by atoms with E-state index in [9.17, 15) is 4.79 Å². The summed E-state index contributed by atoms with van der Waals surface area (Å²) in [5.41, 5.74) is 0.819. The topological polar surface area (TPSA) is 29.1 Å². The maximum absolute atomic E-state index is 12.5. The van der Waals surface area contributed by atoms with Crippen molar-refractivity contribution in [1.29, 1.82) is 0 Å². The van der Waals surface area contributed by atoms with Crippen molar-refractivity contribution in [2.45, 2.75) is 20.8 Å². The zero-order valence-electron chi connectivity index (χ0n) is 13.3. The van der Waals surface area contributed by atoms with Gasteiger partial charge in [0.15, 0.2) is 0 Å². The van der Waals surface area contributed by atoms with Crippen molar-refractivity contribution in [3.05, 3.63) is 60.2 Å². The van der Waals surface area contributed by atoms with Gasteiger partial charge >= 0.3 is 0 Å². The summed E-state index contributed by atoms with van der Waals surface area (Å²) in [7, 11) is 0.